The molecule has 0 bridgehead atoms. The van der Waals surface area contributed by atoms with Gasteiger partial charge < -0.3 is 15.2 Å². The van der Waals surface area contributed by atoms with E-state index in [1.165, 1.54) is 5.56 Å². The van der Waals surface area contributed by atoms with E-state index in [4.69, 9.17) is 4.74 Å². The zero-order chi connectivity index (χ0) is 12.8. The van der Waals surface area contributed by atoms with Crippen LogP contribution in [0.4, 0.5) is 5.69 Å². The third kappa shape index (κ3) is 3.50. The van der Waals surface area contributed by atoms with Crippen molar-refractivity contribution >= 4 is 5.69 Å². The Morgan fingerprint density at radius 3 is 2.61 bits per heavy atom. The number of ether oxygens (including phenoxy) is 1. The van der Waals surface area contributed by atoms with Crippen molar-refractivity contribution in [3.8, 4) is 5.75 Å². The smallest absolute Gasteiger partial charge is 0.117 e. The Balaban J connectivity index is 1.99. The Morgan fingerprint density at radius 1 is 1.06 bits per heavy atom. The quantitative estimate of drug-likeness (QED) is 0.847. The molecule has 3 nitrogen and oxygen atoms in total. The predicted octanol–water partition coefficient (Wildman–Crippen LogP) is 3.15. The van der Waals surface area contributed by atoms with Gasteiger partial charge in [0.2, 0.25) is 0 Å². The van der Waals surface area contributed by atoms with Crippen LogP contribution in [0, 0.1) is 0 Å². The van der Waals surface area contributed by atoms with Crippen LogP contribution in [0.15, 0.2) is 48.5 Å². The summed E-state index contributed by atoms with van der Waals surface area (Å²) in [6, 6.07) is 15.4. The van der Waals surface area contributed by atoms with Gasteiger partial charge >= 0.3 is 0 Å². The molecule has 0 aromatic heterocycles. The highest BCUT2D eigenvalue weighted by molar-refractivity contribution is 5.48. The van der Waals surface area contributed by atoms with E-state index < -0.39 is 0 Å². The molecule has 0 fully saturated rings. The van der Waals surface area contributed by atoms with E-state index in [1.807, 2.05) is 24.3 Å². The van der Waals surface area contributed by atoms with Gasteiger partial charge in [0.15, 0.2) is 0 Å². The Labute approximate surface area is 107 Å². The van der Waals surface area contributed by atoms with Gasteiger partial charge in [0, 0.05) is 25.4 Å². The Bertz CT molecular complexity index is 511. The Morgan fingerprint density at radius 2 is 1.83 bits per heavy atom. The molecule has 0 heterocycles. The molecule has 0 unspecified atom stereocenters. The van der Waals surface area contributed by atoms with Gasteiger partial charge in [-0.3, -0.25) is 0 Å². The molecule has 0 aliphatic carbocycles. The van der Waals surface area contributed by atoms with Crippen molar-refractivity contribution in [2.24, 2.45) is 0 Å². The van der Waals surface area contributed by atoms with E-state index >= 15 is 0 Å². The summed E-state index contributed by atoms with van der Waals surface area (Å²) in [5.74, 6) is 0.271. The maximum Gasteiger partial charge on any atom is 0.117 e. The van der Waals surface area contributed by atoms with Crippen LogP contribution in [-0.4, -0.2) is 12.2 Å². The molecule has 2 rings (SSSR count). The number of phenols is 1. The summed E-state index contributed by atoms with van der Waals surface area (Å²) in [7, 11) is 1.69. The van der Waals surface area contributed by atoms with Crippen LogP contribution in [0.5, 0.6) is 5.75 Å². The van der Waals surface area contributed by atoms with Crippen LogP contribution < -0.4 is 5.32 Å². The lowest BCUT2D eigenvalue weighted by Gasteiger charge is -2.08. The lowest BCUT2D eigenvalue weighted by atomic mass is 10.1. The van der Waals surface area contributed by atoms with Gasteiger partial charge in [-0.1, -0.05) is 30.3 Å². The van der Waals surface area contributed by atoms with Gasteiger partial charge in [-0.2, -0.15) is 0 Å². The fourth-order valence-electron chi connectivity index (χ4n) is 1.82. The minimum atomic E-state index is 0.271. The number of phenolic OH excluding ortho intramolecular Hbond substituents is 1. The van der Waals surface area contributed by atoms with E-state index in [9.17, 15) is 5.11 Å². The second-order valence-corrected chi connectivity index (χ2v) is 4.16. The van der Waals surface area contributed by atoms with Gasteiger partial charge in [-0.25, -0.2) is 0 Å². The van der Waals surface area contributed by atoms with Crippen molar-refractivity contribution < 1.29 is 9.84 Å². The van der Waals surface area contributed by atoms with Crippen LogP contribution in [0.1, 0.15) is 11.1 Å². The SMILES string of the molecule is COCc1cccc(CNc2cccc(O)c2)c1. The van der Waals surface area contributed by atoms with Crippen LogP contribution in [0.3, 0.4) is 0 Å². The van der Waals surface area contributed by atoms with Crippen molar-refractivity contribution in [1.82, 2.24) is 0 Å². The first kappa shape index (κ1) is 12.5. The third-order valence-electron chi connectivity index (χ3n) is 2.65. The summed E-state index contributed by atoms with van der Waals surface area (Å²) in [6.07, 6.45) is 0. The monoisotopic (exact) mass is 243 g/mol. The zero-order valence-electron chi connectivity index (χ0n) is 10.4. The summed E-state index contributed by atoms with van der Waals surface area (Å²) < 4.78 is 5.11. The van der Waals surface area contributed by atoms with E-state index in [0.717, 1.165) is 17.8 Å². The minimum absolute atomic E-state index is 0.271. The molecule has 2 aromatic carbocycles. The maximum absolute atomic E-state index is 9.37. The van der Waals surface area contributed by atoms with Crippen LogP contribution in [0.25, 0.3) is 0 Å². The average Bonchev–Trinajstić information content (AvgIpc) is 2.37. The number of methoxy groups -OCH3 is 1. The van der Waals surface area contributed by atoms with Crippen molar-refractivity contribution in [2.45, 2.75) is 13.2 Å². The number of hydrogen-bond acceptors (Lipinski definition) is 3. The fraction of sp³-hybridized carbons (Fsp3) is 0.200. The largest absolute Gasteiger partial charge is 0.508 e. The summed E-state index contributed by atoms with van der Waals surface area (Å²) in [4.78, 5) is 0. The Kier molecular flexibility index (Phi) is 4.20. The molecule has 0 spiro atoms. The molecule has 0 radical (unpaired) electrons. The summed E-state index contributed by atoms with van der Waals surface area (Å²) in [5.41, 5.74) is 3.26. The summed E-state index contributed by atoms with van der Waals surface area (Å²) in [5, 5.41) is 12.6. The van der Waals surface area contributed by atoms with Crippen LogP contribution >= 0.6 is 0 Å². The number of anilines is 1. The highest BCUT2D eigenvalue weighted by atomic mass is 16.5. The second kappa shape index (κ2) is 6.07. The van der Waals surface area contributed by atoms with Crippen molar-refractivity contribution in [3.63, 3.8) is 0 Å². The first-order valence-electron chi connectivity index (χ1n) is 5.87. The van der Waals surface area contributed by atoms with E-state index in [2.05, 4.69) is 17.4 Å². The van der Waals surface area contributed by atoms with Gasteiger partial charge in [0.05, 0.1) is 6.61 Å². The molecule has 3 heteroatoms. The lowest BCUT2D eigenvalue weighted by molar-refractivity contribution is 0.185. The molecule has 2 aromatic rings. The molecule has 0 atom stereocenters. The molecule has 2 N–H and O–H groups in total. The average molecular weight is 243 g/mol. The summed E-state index contributed by atoms with van der Waals surface area (Å²) >= 11 is 0. The number of rotatable bonds is 5. The van der Waals surface area contributed by atoms with Gasteiger partial charge in [-0.05, 0) is 23.3 Å². The third-order valence-corrected chi connectivity index (χ3v) is 2.65. The predicted molar refractivity (Wildman–Crippen MR) is 72.6 cm³/mol. The molecule has 18 heavy (non-hydrogen) atoms. The van der Waals surface area contributed by atoms with E-state index in [0.29, 0.717) is 6.61 Å². The van der Waals surface area contributed by atoms with Crippen LogP contribution in [0.2, 0.25) is 0 Å². The number of aromatic hydroxyl groups is 1. The first-order chi connectivity index (χ1) is 8.78. The van der Waals surface area contributed by atoms with Crippen molar-refractivity contribution in [1.29, 1.82) is 0 Å². The molecule has 0 aliphatic heterocycles. The minimum Gasteiger partial charge on any atom is -0.508 e. The molecular formula is C15H17NO2. The first-order valence-corrected chi connectivity index (χ1v) is 5.87. The van der Waals surface area contributed by atoms with Gasteiger partial charge in [-0.15, -0.1) is 0 Å². The molecule has 94 valence electrons. The van der Waals surface area contributed by atoms with Crippen LogP contribution in [-0.2, 0) is 17.9 Å². The second-order valence-electron chi connectivity index (χ2n) is 4.16. The van der Waals surface area contributed by atoms with Gasteiger partial charge in [0.1, 0.15) is 5.75 Å². The normalized spacial score (nSPS) is 10.3. The van der Waals surface area contributed by atoms with E-state index in [-0.39, 0.29) is 5.75 Å². The number of nitrogens with one attached hydrogen (secondary N) is 1. The highest BCUT2D eigenvalue weighted by Gasteiger charge is 1.97. The van der Waals surface area contributed by atoms with Crippen molar-refractivity contribution in [3.05, 3.63) is 59.7 Å². The van der Waals surface area contributed by atoms with Crippen molar-refractivity contribution in [2.75, 3.05) is 12.4 Å². The zero-order valence-corrected chi connectivity index (χ0v) is 10.4. The lowest BCUT2D eigenvalue weighted by Crippen LogP contribution is -2.00. The molecule has 0 amide bonds. The standard InChI is InChI=1S/C15H17NO2/c1-18-11-13-5-2-4-12(8-13)10-16-14-6-3-7-15(17)9-14/h2-9,16-17H,10-11H2,1H3. The molecule has 0 aliphatic rings. The maximum atomic E-state index is 9.37. The van der Waals surface area contributed by atoms with E-state index in [1.54, 1.807) is 19.2 Å². The molecule has 0 saturated heterocycles. The topological polar surface area (TPSA) is 41.5 Å². The fourth-order valence-corrected chi connectivity index (χ4v) is 1.82. The number of hydrogen-bond donors (Lipinski definition) is 2. The molecule has 0 saturated carbocycles. The highest BCUT2D eigenvalue weighted by Crippen LogP contribution is 2.16. The van der Waals surface area contributed by atoms with Gasteiger partial charge in [0.25, 0.3) is 0 Å². The Hall–Kier alpha value is -2.00. The molecular weight excluding hydrogens is 226 g/mol. The summed E-state index contributed by atoms with van der Waals surface area (Å²) in [6.45, 7) is 1.35. The number of benzene rings is 2.